The lowest BCUT2D eigenvalue weighted by atomic mass is 9.88. The van der Waals surface area contributed by atoms with Crippen LogP contribution in [0.5, 0.6) is 0 Å². The zero-order valence-corrected chi connectivity index (χ0v) is 19.8. The Bertz CT molecular complexity index is 1170. The molecular formula is C25H33N3O2S. The summed E-state index contributed by atoms with van der Waals surface area (Å²) < 4.78 is 26.5. The van der Waals surface area contributed by atoms with Gasteiger partial charge in [0.05, 0.1) is 11.4 Å². The molecule has 31 heavy (non-hydrogen) atoms. The molecule has 3 heterocycles. The van der Waals surface area contributed by atoms with Crippen molar-refractivity contribution in [2.24, 2.45) is 0 Å². The first-order valence-corrected chi connectivity index (χ1v) is 13.0. The summed E-state index contributed by atoms with van der Waals surface area (Å²) in [5, 5.41) is 1.28. The molecule has 0 atom stereocenters. The molecule has 0 saturated carbocycles. The van der Waals surface area contributed by atoms with Crippen LogP contribution in [0.15, 0.2) is 36.5 Å². The van der Waals surface area contributed by atoms with E-state index in [-0.39, 0.29) is 5.75 Å². The molecule has 6 heteroatoms. The van der Waals surface area contributed by atoms with Crippen molar-refractivity contribution in [2.45, 2.75) is 58.8 Å². The van der Waals surface area contributed by atoms with E-state index < -0.39 is 10.0 Å². The summed E-state index contributed by atoms with van der Waals surface area (Å²) >= 11 is 0. The highest BCUT2D eigenvalue weighted by Crippen LogP contribution is 2.38. The number of fused-ring (bicyclic) bond motifs is 1. The van der Waals surface area contributed by atoms with Crippen LogP contribution in [0.3, 0.4) is 0 Å². The zero-order chi connectivity index (χ0) is 22.2. The standard InChI is InChI=1S/C25H33N3O2S/c1-5-14-31(29,30)28-12-9-19(10-13-28)20-6-7-23-22(16-20)24(17(2)3)25(27-23)21-8-11-26-18(4)15-21/h6-8,11,15-17,19,27H,5,9-10,12-14H2,1-4H3. The molecule has 0 aliphatic carbocycles. The summed E-state index contributed by atoms with van der Waals surface area (Å²) in [5.74, 6) is 1.04. The fourth-order valence-electron chi connectivity index (χ4n) is 4.87. The third kappa shape index (κ3) is 4.41. The molecule has 1 aromatic carbocycles. The van der Waals surface area contributed by atoms with Crippen molar-refractivity contribution >= 4 is 20.9 Å². The lowest BCUT2D eigenvalue weighted by Crippen LogP contribution is -2.39. The minimum atomic E-state index is -3.10. The molecule has 0 bridgehead atoms. The van der Waals surface area contributed by atoms with Gasteiger partial charge in [-0.1, -0.05) is 26.8 Å². The topological polar surface area (TPSA) is 66.1 Å². The molecule has 0 amide bonds. The lowest BCUT2D eigenvalue weighted by Gasteiger charge is -2.31. The van der Waals surface area contributed by atoms with Gasteiger partial charge in [0.1, 0.15) is 0 Å². The van der Waals surface area contributed by atoms with Gasteiger partial charge in [0.15, 0.2) is 0 Å². The number of hydrogen-bond acceptors (Lipinski definition) is 3. The van der Waals surface area contributed by atoms with Gasteiger partial charge in [0.2, 0.25) is 10.0 Å². The number of rotatable bonds is 6. The van der Waals surface area contributed by atoms with Crippen LogP contribution in [0, 0.1) is 6.92 Å². The van der Waals surface area contributed by atoms with Crippen LogP contribution in [0.25, 0.3) is 22.2 Å². The summed E-state index contributed by atoms with van der Waals surface area (Å²) in [6.45, 7) is 9.66. The average molecular weight is 440 g/mol. The maximum atomic E-state index is 12.4. The first-order valence-electron chi connectivity index (χ1n) is 11.4. The third-order valence-electron chi connectivity index (χ3n) is 6.41. The van der Waals surface area contributed by atoms with Crippen LogP contribution >= 0.6 is 0 Å². The van der Waals surface area contributed by atoms with Crippen molar-refractivity contribution in [3.05, 3.63) is 53.3 Å². The molecule has 0 unspecified atom stereocenters. The van der Waals surface area contributed by atoms with Crippen molar-refractivity contribution in [2.75, 3.05) is 18.8 Å². The maximum absolute atomic E-state index is 12.4. The Kier molecular flexibility index (Phi) is 6.22. The molecule has 1 aliphatic rings. The number of H-pyrrole nitrogens is 1. The number of benzene rings is 1. The molecule has 0 radical (unpaired) electrons. The molecule has 3 aromatic rings. The molecular weight excluding hydrogens is 406 g/mol. The molecule has 1 saturated heterocycles. The molecule has 5 nitrogen and oxygen atoms in total. The highest BCUT2D eigenvalue weighted by atomic mass is 32.2. The Hall–Kier alpha value is -2.18. The largest absolute Gasteiger partial charge is 0.354 e. The van der Waals surface area contributed by atoms with Crippen LogP contribution in [-0.4, -0.2) is 41.5 Å². The van der Waals surface area contributed by atoms with E-state index in [4.69, 9.17) is 0 Å². The molecule has 1 N–H and O–H groups in total. The van der Waals surface area contributed by atoms with Crippen molar-refractivity contribution < 1.29 is 8.42 Å². The highest BCUT2D eigenvalue weighted by molar-refractivity contribution is 7.89. The minimum Gasteiger partial charge on any atom is -0.354 e. The SMILES string of the molecule is CCCS(=O)(=O)N1CCC(c2ccc3[nH]c(-c4ccnc(C)c4)c(C(C)C)c3c2)CC1. The number of aromatic amines is 1. The predicted octanol–water partition coefficient (Wildman–Crippen LogP) is 5.58. The fraction of sp³-hybridized carbons (Fsp3) is 0.480. The van der Waals surface area contributed by atoms with E-state index in [1.807, 2.05) is 20.0 Å². The first-order chi connectivity index (χ1) is 14.8. The smallest absolute Gasteiger partial charge is 0.214 e. The number of aryl methyl sites for hydroxylation is 1. The van der Waals surface area contributed by atoms with Crippen LogP contribution in [0.1, 0.15) is 68.7 Å². The van der Waals surface area contributed by atoms with E-state index in [2.05, 4.69) is 54.1 Å². The van der Waals surface area contributed by atoms with Crippen molar-refractivity contribution in [3.63, 3.8) is 0 Å². The summed E-state index contributed by atoms with van der Waals surface area (Å²) in [5.41, 5.74) is 7.16. The number of piperidine rings is 1. The minimum absolute atomic E-state index is 0.252. The Balaban J connectivity index is 1.65. The maximum Gasteiger partial charge on any atom is 0.214 e. The second-order valence-corrected chi connectivity index (χ2v) is 11.1. The van der Waals surface area contributed by atoms with Gasteiger partial charge in [-0.15, -0.1) is 0 Å². The Morgan fingerprint density at radius 3 is 2.55 bits per heavy atom. The van der Waals surface area contributed by atoms with Crippen molar-refractivity contribution in [3.8, 4) is 11.3 Å². The number of sulfonamides is 1. The number of aromatic nitrogens is 2. The second kappa shape index (κ2) is 8.75. The average Bonchev–Trinajstić information content (AvgIpc) is 3.13. The van der Waals surface area contributed by atoms with E-state index >= 15 is 0 Å². The Labute approximate surface area is 185 Å². The molecule has 0 spiro atoms. The summed E-state index contributed by atoms with van der Waals surface area (Å²) in [6, 6.07) is 10.9. The molecule has 2 aromatic heterocycles. The highest BCUT2D eigenvalue weighted by Gasteiger charge is 2.28. The van der Waals surface area contributed by atoms with E-state index in [0.29, 0.717) is 31.3 Å². The van der Waals surface area contributed by atoms with Crippen molar-refractivity contribution in [1.29, 1.82) is 0 Å². The van der Waals surface area contributed by atoms with Gasteiger partial charge in [-0.2, -0.15) is 0 Å². The van der Waals surface area contributed by atoms with E-state index in [0.717, 1.165) is 24.1 Å². The molecule has 1 aliphatic heterocycles. The van der Waals surface area contributed by atoms with Gasteiger partial charge in [0, 0.05) is 41.4 Å². The molecule has 4 rings (SSSR count). The number of hydrogen-bond donors (Lipinski definition) is 1. The number of nitrogens with zero attached hydrogens (tertiary/aromatic N) is 2. The van der Waals surface area contributed by atoms with E-state index in [1.54, 1.807) is 4.31 Å². The van der Waals surface area contributed by atoms with Crippen LogP contribution < -0.4 is 0 Å². The van der Waals surface area contributed by atoms with Gasteiger partial charge < -0.3 is 4.98 Å². The van der Waals surface area contributed by atoms with E-state index in [1.165, 1.54) is 27.8 Å². The summed E-state index contributed by atoms with van der Waals surface area (Å²) in [4.78, 5) is 7.99. The normalized spacial score (nSPS) is 16.4. The van der Waals surface area contributed by atoms with Gasteiger partial charge in [-0.3, -0.25) is 4.98 Å². The van der Waals surface area contributed by atoms with Crippen LogP contribution in [0.2, 0.25) is 0 Å². The van der Waals surface area contributed by atoms with Gasteiger partial charge in [-0.05, 0) is 73.4 Å². The number of nitrogens with one attached hydrogen (secondary N) is 1. The predicted molar refractivity (Wildman–Crippen MR) is 128 cm³/mol. The van der Waals surface area contributed by atoms with Crippen molar-refractivity contribution in [1.82, 2.24) is 14.3 Å². The molecule has 1 fully saturated rings. The number of pyridine rings is 1. The van der Waals surface area contributed by atoms with Crippen LogP contribution in [0.4, 0.5) is 0 Å². The zero-order valence-electron chi connectivity index (χ0n) is 19.0. The van der Waals surface area contributed by atoms with Gasteiger partial charge in [-0.25, -0.2) is 12.7 Å². The second-order valence-electron chi connectivity index (χ2n) is 9.05. The Morgan fingerprint density at radius 1 is 1.16 bits per heavy atom. The quantitative estimate of drug-likeness (QED) is 0.545. The first kappa shape index (κ1) is 22.0. The lowest BCUT2D eigenvalue weighted by molar-refractivity contribution is 0.319. The van der Waals surface area contributed by atoms with Gasteiger partial charge in [0.25, 0.3) is 0 Å². The van der Waals surface area contributed by atoms with Crippen LogP contribution in [-0.2, 0) is 10.0 Å². The Morgan fingerprint density at radius 2 is 1.90 bits per heavy atom. The summed E-state index contributed by atoms with van der Waals surface area (Å²) in [6.07, 6.45) is 4.30. The molecule has 166 valence electrons. The monoisotopic (exact) mass is 439 g/mol. The van der Waals surface area contributed by atoms with E-state index in [9.17, 15) is 8.42 Å². The summed E-state index contributed by atoms with van der Waals surface area (Å²) in [7, 11) is -3.10. The third-order valence-corrected chi connectivity index (χ3v) is 8.48. The fourth-order valence-corrected chi connectivity index (χ4v) is 6.41. The van der Waals surface area contributed by atoms with Gasteiger partial charge >= 0.3 is 0 Å².